The lowest BCUT2D eigenvalue weighted by Crippen LogP contribution is -2.33. The van der Waals surface area contributed by atoms with Gasteiger partial charge in [0.2, 0.25) is 5.91 Å². The van der Waals surface area contributed by atoms with Gasteiger partial charge in [0, 0.05) is 12.1 Å². The molecule has 0 aliphatic rings. The second kappa shape index (κ2) is 6.78. The number of hydrogen-bond donors (Lipinski definition) is 2. The summed E-state index contributed by atoms with van der Waals surface area (Å²) in [6.45, 7) is -2.44. The Kier molecular flexibility index (Phi) is 5.36. The van der Waals surface area contributed by atoms with Crippen molar-refractivity contribution in [3.05, 3.63) is 29.6 Å². The number of carbonyl (C=O) groups excluding carboxylic acids is 1. The van der Waals surface area contributed by atoms with E-state index in [2.05, 4.69) is 10.1 Å². The van der Waals surface area contributed by atoms with Crippen LogP contribution in [-0.2, 0) is 16.1 Å². The third-order valence-corrected chi connectivity index (χ3v) is 2.50. The number of ether oxygens (including phenoxy) is 1. The summed E-state index contributed by atoms with van der Waals surface area (Å²) in [6, 6.07) is 3.32. The van der Waals surface area contributed by atoms with Crippen LogP contribution in [-0.4, -0.2) is 23.6 Å². The van der Waals surface area contributed by atoms with Gasteiger partial charge >= 0.3 is 12.6 Å². The molecule has 110 valence electrons. The molecule has 0 fully saturated rings. The molecule has 5 nitrogen and oxygen atoms in total. The molecule has 0 aromatic heterocycles. The van der Waals surface area contributed by atoms with Crippen LogP contribution in [0.1, 0.15) is 12.5 Å². The van der Waals surface area contributed by atoms with Gasteiger partial charge in [-0.25, -0.2) is 4.39 Å². The van der Waals surface area contributed by atoms with Crippen molar-refractivity contribution in [3.63, 3.8) is 0 Å². The summed E-state index contributed by atoms with van der Waals surface area (Å²) in [5.41, 5.74) is -0.279. The Hall–Kier alpha value is -2.25. The Bertz CT molecular complexity index is 507. The van der Waals surface area contributed by atoms with Crippen LogP contribution in [0.4, 0.5) is 13.2 Å². The fourth-order valence-electron chi connectivity index (χ4n) is 1.36. The number of hydrogen-bond acceptors (Lipinski definition) is 3. The molecule has 20 heavy (non-hydrogen) atoms. The fraction of sp³-hybridized carbons (Fsp3) is 0.333. The maximum Gasteiger partial charge on any atom is 0.387 e. The van der Waals surface area contributed by atoms with E-state index in [-0.39, 0.29) is 5.56 Å². The maximum absolute atomic E-state index is 13.5. The van der Waals surface area contributed by atoms with Gasteiger partial charge in [0.15, 0.2) is 0 Å². The third-order valence-electron chi connectivity index (χ3n) is 2.50. The van der Waals surface area contributed by atoms with E-state index in [9.17, 15) is 22.8 Å². The number of alkyl halides is 2. The van der Waals surface area contributed by atoms with E-state index in [0.717, 1.165) is 19.1 Å². The minimum atomic E-state index is -3.14. The molecule has 1 unspecified atom stereocenters. The van der Waals surface area contributed by atoms with Crippen LogP contribution >= 0.6 is 0 Å². The molecule has 1 aromatic carbocycles. The first-order chi connectivity index (χ1) is 9.32. The van der Waals surface area contributed by atoms with Crippen LogP contribution in [0.25, 0.3) is 0 Å². The molecule has 1 amide bonds. The molecule has 2 N–H and O–H groups in total. The van der Waals surface area contributed by atoms with Gasteiger partial charge in [-0.1, -0.05) is 6.07 Å². The van der Waals surface area contributed by atoms with Crippen LogP contribution in [0, 0.1) is 11.7 Å². The lowest BCUT2D eigenvalue weighted by atomic mass is 10.1. The van der Waals surface area contributed by atoms with E-state index in [0.29, 0.717) is 0 Å². The molecule has 0 heterocycles. The molecular weight excluding hydrogens is 279 g/mol. The van der Waals surface area contributed by atoms with Gasteiger partial charge in [-0.15, -0.1) is 0 Å². The van der Waals surface area contributed by atoms with E-state index in [4.69, 9.17) is 5.11 Å². The summed E-state index contributed by atoms with van der Waals surface area (Å²) in [6.07, 6.45) is 0. The van der Waals surface area contributed by atoms with E-state index in [1.54, 1.807) is 0 Å². The second-order valence-corrected chi connectivity index (χ2v) is 3.87. The number of aliphatic carboxylic acids is 1. The zero-order chi connectivity index (χ0) is 15.3. The maximum atomic E-state index is 13.5. The molecule has 0 radical (unpaired) electrons. The van der Waals surface area contributed by atoms with Crippen molar-refractivity contribution in [3.8, 4) is 5.75 Å². The number of rotatable bonds is 6. The minimum absolute atomic E-state index is 0.279. The first-order valence-corrected chi connectivity index (χ1v) is 5.55. The highest BCUT2D eigenvalue weighted by Gasteiger charge is 2.21. The summed E-state index contributed by atoms with van der Waals surface area (Å²) >= 11 is 0. The molecule has 0 aliphatic carbocycles. The molecule has 8 heteroatoms. The van der Waals surface area contributed by atoms with Crippen molar-refractivity contribution in [1.29, 1.82) is 0 Å². The minimum Gasteiger partial charge on any atom is -0.481 e. The normalized spacial score (nSPS) is 12.1. The average Bonchev–Trinajstić information content (AvgIpc) is 2.36. The lowest BCUT2D eigenvalue weighted by Gasteiger charge is -2.13. The van der Waals surface area contributed by atoms with Gasteiger partial charge < -0.3 is 15.2 Å². The Morgan fingerprint density at radius 3 is 2.60 bits per heavy atom. The van der Waals surface area contributed by atoms with Gasteiger partial charge in [-0.3, -0.25) is 9.59 Å². The summed E-state index contributed by atoms with van der Waals surface area (Å²) in [5.74, 6) is -4.79. The number of amides is 1. The molecule has 0 spiro atoms. The number of nitrogens with one attached hydrogen (secondary N) is 1. The molecule has 1 aromatic rings. The molecule has 0 saturated carbocycles. The van der Waals surface area contributed by atoms with Gasteiger partial charge in [0.25, 0.3) is 0 Å². The fourth-order valence-corrected chi connectivity index (χ4v) is 1.36. The largest absolute Gasteiger partial charge is 0.481 e. The number of carboxylic acids is 1. The number of carbonyl (C=O) groups is 2. The zero-order valence-corrected chi connectivity index (χ0v) is 10.4. The number of carboxylic acid groups (broad SMARTS) is 1. The topological polar surface area (TPSA) is 75.6 Å². The van der Waals surface area contributed by atoms with Crippen molar-refractivity contribution in [2.24, 2.45) is 5.92 Å². The highest BCUT2D eigenvalue weighted by Crippen LogP contribution is 2.23. The third kappa shape index (κ3) is 4.15. The van der Waals surface area contributed by atoms with Crippen molar-refractivity contribution in [1.82, 2.24) is 5.32 Å². The van der Waals surface area contributed by atoms with Crippen molar-refractivity contribution < 1.29 is 32.6 Å². The Labute approximate surface area is 112 Å². The van der Waals surface area contributed by atoms with Crippen molar-refractivity contribution in [2.45, 2.75) is 20.1 Å². The van der Waals surface area contributed by atoms with Gasteiger partial charge in [0.1, 0.15) is 17.5 Å². The van der Waals surface area contributed by atoms with Gasteiger partial charge in [-0.2, -0.15) is 8.78 Å². The smallest absolute Gasteiger partial charge is 0.387 e. The van der Waals surface area contributed by atoms with E-state index in [1.807, 2.05) is 0 Å². The summed E-state index contributed by atoms with van der Waals surface area (Å²) in [5, 5.41) is 10.8. The van der Waals surface area contributed by atoms with Crippen LogP contribution in [0.3, 0.4) is 0 Å². The number of benzene rings is 1. The molecule has 0 aliphatic heterocycles. The first-order valence-electron chi connectivity index (χ1n) is 5.55. The standard InChI is InChI=1S/C12H12F3NO4/c1-6(11(18)19)10(17)16-5-7-8(13)3-2-4-9(7)20-12(14)15/h2-4,6,12H,5H2,1H3,(H,16,17)(H,18,19). The molecule has 1 atom stereocenters. The molecule has 0 bridgehead atoms. The summed E-state index contributed by atoms with van der Waals surface area (Å²) in [4.78, 5) is 22.0. The van der Waals surface area contributed by atoms with Crippen LogP contribution < -0.4 is 10.1 Å². The van der Waals surface area contributed by atoms with Crippen molar-refractivity contribution >= 4 is 11.9 Å². The predicted molar refractivity (Wildman–Crippen MR) is 61.7 cm³/mol. The van der Waals surface area contributed by atoms with Crippen LogP contribution in [0.5, 0.6) is 5.75 Å². The quantitative estimate of drug-likeness (QED) is 0.783. The highest BCUT2D eigenvalue weighted by atomic mass is 19.3. The highest BCUT2D eigenvalue weighted by molar-refractivity contribution is 5.96. The first kappa shape index (κ1) is 15.8. The van der Waals surface area contributed by atoms with E-state index < -0.39 is 42.5 Å². The SMILES string of the molecule is CC(C(=O)O)C(=O)NCc1c(F)cccc1OC(F)F. The van der Waals surface area contributed by atoms with E-state index in [1.165, 1.54) is 6.07 Å². The Morgan fingerprint density at radius 2 is 2.05 bits per heavy atom. The monoisotopic (exact) mass is 291 g/mol. The van der Waals surface area contributed by atoms with Gasteiger partial charge in [-0.05, 0) is 19.1 Å². The van der Waals surface area contributed by atoms with Crippen LogP contribution in [0.15, 0.2) is 18.2 Å². The molecule has 1 rings (SSSR count). The van der Waals surface area contributed by atoms with Crippen LogP contribution in [0.2, 0.25) is 0 Å². The predicted octanol–water partition coefficient (Wildman–Crippen LogP) is 1.76. The number of halogens is 3. The van der Waals surface area contributed by atoms with Crippen molar-refractivity contribution in [2.75, 3.05) is 0 Å². The Balaban J connectivity index is 2.81. The summed E-state index contributed by atoms with van der Waals surface area (Å²) < 4.78 is 42.0. The zero-order valence-electron chi connectivity index (χ0n) is 10.4. The Morgan fingerprint density at radius 1 is 1.40 bits per heavy atom. The second-order valence-electron chi connectivity index (χ2n) is 3.87. The molecule has 0 saturated heterocycles. The van der Waals surface area contributed by atoms with E-state index >= 15 is 0 Å². The van der Waals surface area contributed by atoms with Gasteiger partial charge in [0.05, 0.1) is 0 Å². The molecular formula is C12H12F3NO4. The average molecular weight is 291 g/mol. The summed E-state index contributed by atoms with van der Waals surface area (Å²) in [7, 11) is 0. The lowest BCUT2D eigenvalue weighted by molar-refractivity contribution is -0.146.